The van der Waals surface area contributed by atoms with E-state index in [0.29, 0.717) is 11.8 Å². The highest BCUT2D eigenvalue weighted by Gasteiger charge is 2.65. The van der Waals surface area contributed by atoms with Crippen molar-refractivity contribution >= 4 is 6.09 Å². The number of amides is 1. The Morgan fingerprint density at radius 1 is 1.08 bits per heavy atom. The van der Waals surface area contributed by atoms with Gasteiger partial charge in [-0.2, -0.15) is 0 Å². The summed E-state index contributed by atoms with van der Waals surface area (Å²) < 4.78 is 18.9. The summed E-state index contributed by atoms with van der Waals surface area (Å²) in [5.74, 6) is 2.08. The van der Waals surface area contributed by atoms with Crippen molar-refractivity contribution in [1.82, 2.24) is 4.90 Å². The van der Waals surface area contributed by atoms with Crippen molar-refractivity contribution in [2.24, 2.45) is 29.1 Å². The lowest BCUT2D eigenvalue weighted by Gasteiger charge is -2.60. The molecule has 1 saturated carbocycles. The SMILES string of the molecule is C[C@H]1C(OC(=O)N(C)C)O[C@@H]2OC3(C)CCC[C@]24C1CC[C@@H](C)[C@@H]4CC3. The maximum Gasteiger partial charge on any atom is 0.411 e. The monoisotopic (exact) mass is 365 g/mol. The van der Waals surface area contributed by atoms with E-state index in [-0.39, 0.29) is 29.3 Å². The molecule has 5 nitrogen and oxygen atoms in total. The molecule has 5 heteroatoms. The summed E-state index contributed by atoms with van der Waals surface area (Å²) in [5, 5.41) is 0. The van der Waals surface area contributed by atoms with Crippen LogP contribution < -0.4 is 0 Å². The fraction of sp³-hybridized carbons (Fsp3) is 0.952. The minimum Gasteiger partial charge on any atom is -0.419 e. The Balaban J connectivity index is 1.71. The third-order valence-corrected chi connectivity index (χ3v) is 8.03. The first-order valence-electron chi connectivity index (χ1n) is 10.5. The van der Waals surface area contributed by atoms with Crippen LogP contribution in [0.15, 0.2) is 0 Å². The quantitative estimate of drug-likeness (QED) is 0.691. The summed E-state index contributed by atoms with van der Waals surface area (Å²) in [4.78, 5) is 13.7. The van der Waals surface area contributed by atoms with Crippen LogP contribution in [0.1, 0.15) is 65.7 Å². The van der Waals surface area contributed by atoms with Crippen LogP contribution in [0.4, 0.5) is 4.79 Å². The highest BCUT2D eigenvalue weighted by molar-refractivity contribution is 5.66. The third kappa shape index (κ3) is 2.69. The van der Waals surface area contributed by atoms with E-state index in [0.717, 1.165) is 18.8 Å². The van der Waals surface area contributed by atoms with Gasteiger partial charge in [0, 0.05) is 25.4 Å². The number of carbonyl (C=O) groups excluding carboxylic acids is 1. The first-order chi connectivity index (χ1) is 12.3. The fourth-order valence-corrected chi connectivity index (χ4v) is 6.63. The molecule has 0 N–H and O–H groups in total. The average molecular weight is 366 g/mol. The summed E-state index contributed by atoms with van der Waals surface area (Å²) in [6.45, 7) is 6.89. The predicted molar refractivity (Wildman–Crippen MR) is 98.4 cm³/mol. The lowest BCUT2D eigenvalue weighted by Crippen LogP contribution is -2.61. The van der Waals surface area contributed by atoms with Crippen LogP contribution in [0.25, 0.3) is 0 Å². The zero-order valence-corrected chi connectivity index (χ0v) is 17.0. The molecule has 2 bridgehead atoms. The maximum absolute atomic E-state index is 12.2. The molecular weight excluding hydrogens is 330 g/mol. The van der Waals surface area contributed by atoms with E-state index in [1.807, 2.05) is 0 Å². The molecule has 4 rings (SSSR count). The van der Waals surface area contributed by atoms with Crippen molar-refractivity contribution < 1.29 is 19.0 Å². The molecule has 0 radical (unpaired) electrons. The second-order valence-corrected chi connectivity index (χ2v) is 9.81. The highest BCUT2D eigenvalue weighted by Crippen LogP contribution is 2.65. The molecule has 3 saturated heterocycles. The second-order valence-electron chi connectivity index (χ2n) is 9.81. The van der Waals surface area contributed by atoms with Gasteiger partial charge in [-0.05, 0) is 63.2 Å². The Hall–Kier alpha value is -0.810. The topological polar surface area (TPSA) is 48.0 Å². The van der Waals surface area contributed by atoms with E-state index < -0.39 is 6.29 Å². The van der Waals surface area contributed by atoms with Gasteiger partial charge in [-0.3, -0.25) is 0 Å². The zero-order valence-electron chi connectivity index (χ0n) is 17.0. The molecule has 3 heterocycles. The van der Waals surface area contributed by atoms with E-state index >= 15 is 0 Å². The van der Waals surface area contributed by atoms with Crippen LogP contribution in [-0.2, 0) is 14.2 Å². The van der Waals surface area contributed by atoms with Crippen molar-refractivity contribution in [3.05, 3.63) is 0 Å². The lowest BCUT2D eigenvalue weighted by molar-refractivity contribution is -0.362. The Kier molecular flexibility index (Phi) is 4.54. The summed E-state index contributed by atoms with van der Waals surface area (Å²) in [6, 6.07) is 0. The molecule has 0 aromatic heterocycles. The van der Waals surface area contributed by atoms with Crippen molar-refractivity contribution in [2.45, 2.75) is 83.9 Å². The van der Waals surface area contributed by atoms with Crippen molar-refractivity contribution in [1.29, 1.82) is 0 Å². The van der Waals surface area contributed by atoms with Crippen molar-refractivity contribution in [3.63, 3.8) is 0 Å². The Morgan fingerprint density at radius 3 is 2.58 bits per heavy atom. The van der Waals surface area contributed by atoms with Crippen LogP contribution in [0.3, 0.4) is 0 Å². The highest BCUT2D eigenvalue weighted by atomic mass is 16.8. The van der Waals surface area contributed by atoms with E-state index in [9.17, 15) is 4.79 Å². The Labute approximate surface area is 157 Å². The number of fused-ring (bicyclic) bond motifs is 1. The molecule has 8 atom stereocenters. The number of nitrogens with zero attached hydrogens (tertiary/aromatic N) is 1. The molecule has 1 amide bonds. The van der Waals surface area contributed by atoms with Gasteiger partial charge in [0.1, 0.15) is 0 Å². The van der Waals surface area contributed by atoms with E-state index in [2.05, 4.69) is 20.8 Å². The molecule has 0 aromatic carbocycles. The molecule has 4 aliphatic rings. The Bertz CT molecular complexity index is 566. The third-order valence-electron chi connectivity index (χ3n) is 8.03. The molecule has 148 valence electrons. The number of hydrogen-bond donors (Lipinski definition) is 0. The number of carbonyl (C=O) groups is 1. The van der Waals surface area contributed by atoms with Crippen LogP contribution in [0.5, 0.6) is 0 Å². The van der Waals surface area contributed by atoms with Gasteiger partial charge in [0.25, 0.3) is 0 Å². The lowest BCUT2D eigenvalue weighted by atomic mass is 9.49. The Morgan fingerprint density at radius 2 is 1.85 bits per heavy atom. The first kappa shape index (κ1) is 18.5. The number of rotatable bonds is 1. The molecule has 3 unspecified atom stereocenters. The van der Waals surface area contributed by atoms with E-state index in [1.165, 1.54) is 37.0 Å². The van der Waals surface area contributed by atoms with Crippen LogP contribution >= 0.6 is 0 Å². The van der Waals surface area contributed by atoms with Crippen molar-refractivity contribution in [3.8, 4) is 0 Å². The first-order valence-corrected chi connectivity index (χ1v) is 10.5. The smallest absolute Gasteiger partial charge is 0.411 e. The van der Waals surface area contributed by atoms with Gasteiger partial charge in [0.2, 0.25) is 6.29 Å². The van der Waals surface area contributed by atoms with Gasteiger partial charge < -0.3 is 19.1 Å². The molecule has 1 aliphatic carbocycles. The van der Waals surface area contributed by atoms with E-state index in [4.69, 9.17) is 14.2 Å². The van der Waals surface area contributed by atoms with Gasteiger partial charge >= 0.3 is 6.09 Å². The molecule has 26 heavy (non-hydrogen) atoms. The molecule has 3 aliphatic heterocycles. The minimum atomic E-state index is -0.512. The maximum atomic E-state index is 12.2. The number of ether oxygens (including phenoxy) is 3. The minimum absolute atomic E-state index is 0.0897. The zero-order chi connectivity index (χ0) is 18.7. The second kappa shape index (κ2) is 6.37. The summed E-state index contributed by atoms with van der Waals surface area (Å²) in [7, 11) is 3.43. The van der Waals surface area contributed by atoms with Crippen molar-refractivity contribution in [2.75, 3.05) is 14.1 Å². The molecule has 1 spiro atoms. The summed E-state index contributed by atoms with van der Waals surface area (Å²) in [5.41, 5.74) is -0.0151. The fourth-order valence-electron chi connectivity index (χ4n) is 6.63. The van der Waals surface area contributed by atoms with Crippen LogP contribution in [0.2, 0.25) is 0 Å². The average Bonchev–Trinajstić information content (AvgIpc) is 2.78. The molecule has 4 fully saturated rings. The van der Waals surface area contributed by atoms with E-state index in [1.54, 1.807) is 14.1 Å². The summed E-state index contributed by atoms with van der Waals surface area (Å²) >= 11 is 0. The van der Waals surface area contributed by atoms with Gasteiger partial charge in [-0.15, -0.1) is 0 Å². The standard InChI is InChI=1S/C21H35NO4/c1-13-7-8-16-14(2)17(25-19(23)22(4)5)24-18-21(16)11-6-10-20(3,26-18)12-9-15(13)21/h13-18H,6-12H2,1-5H3/t13-,14-,15+,16?,17?,18-,20?,21+/m1/s1. The van der Waals surface area contributed by atoms with Gasteiger partial charge in [-0.1, -0.05) is 20.3 Å². The van der Waals surface area contributed by atoms with Crippen LogP contribution in [0, 0.1) is 29.1 Å². The normalized spacial score (nSPS) is 50.3. The predicted octanol–water partition coefficient (Wildman–Crippen LogP) is 4.40. The molecule has 0 aromatic rings. The molecular formula is C21H35NO4. The largest absolute Gasteiger partial charge is 0.419 e. The van der Waals surface area contributed by atoms with Gasteiger partial charge in [0.15, 0.2) is 6.29 Å². The van der Waals surface area contributed by atoms with Gasteiger partial charge in [0.05, 0.1) is 5.60 Å². The van der Waals surface area contributed by atoms with Gasteiger partial charge in [-0.25, -0.2) is 4.79 Å². The van der Waals surface area contributed by atoms with Crippen LogP contribution in [-0.4, -0.2) is 43.3 Å². The number of hydrogen-bond acceptors (Lipinski definition) is 4. The summed E-state index contributed by atoms with van der Waals surface area (Å²) in [6.07, 6.45) is 7.23.